The van der Waals surface area contributed by atoms with Crippen molar-refractivity contribution < 1.29 is 0 Å². The highest BCUT2D eigenvalue weighted by Crippen LogP contribution is 2.03. The first kappa shape index (κ1) is 7.61. The van der Waals surface area contributed by atoms with Gasteiger partial charge >= 0.3 is 0 Å². The van der Waals surface area contributed by atoms with Gasteiger partial charge in [-0.3, -0.25) is 0 Å². The molecule has 0 radical (unpaired) electrons. The summed E-state index contributed by atoms with van der Waals surface area (Å²) >= 11 is 4.14. The fraction of sp³-hybridized carbons (Fsp3) is 0.250. The fourth-order valence-electron chi connectivity index (χ4n) is 1.12. The Labute approximate surface area is 75.8 Å². The van der Waals surface area contributed by atoms with Gasteiger partial charge in [0.2, 0.25) is 0 Å². The molecule has 0 atom stereocenters. The van der Waals surface area contributed by atoms with E-state index in [1.54, 1.807) is 10.7 Å². The molecular weight excluding hydrogens is 170 g/mol. The average molecular weight is 179 g/mol. The predicted octanol–water partition coefficient (Wildman–Crippen LogP) is 1.20. The summed E-state index contributed by atoms with van der Waals surface area (Å²) in [5.41, 5.74) is 1.94. The van der Waals surface area contributed by atoms with Gasteiger partial charge < -0.3 is 0 Å². The molecule has 12 heavy (non-hydrogen) atoms. The third-order valence-electron chi connectivity index (χ3n) is 1.65. The highest BCUT2D eigenvalue weighted by atomic mass is 32.1. The van der Waals surface area contributed by atoms with Crippen molar-refractivity contribution in [2.45, 2.75) is 6.42 Å². The number of rotatable bonds is 2. The fourth-order valence-corrected chi connectivity index (χ4v) is 1.34. The molecule has 2 rings (SSSR count). The zero-order valence-electron chi connectivity index (χ0n) is 6.51. The molecule has 2 aromatic heterocycles. The van der Waals surface area contributed by atoms with Gasteiger partial charge in [-0.15, -0.1) is 0 Å². The minimum absolute atomic E-state index is 0.823. The molecule has 0 unspecified atom stereocenters. The monoisotopic (exact) mass is 179 g/mol. The first-order valence-electron chi connectivity index (χ1n) is 3.80. The van der Waals surface area contributed by atoms with Crippen molar-refractivity contribution in [1.82, 2.24) is 14.6 Å². The van der Waals surface area contributed by atoms with E-state index in [-0.39, 0.29) is 0 Å². The highest BCUT2D eigenvalue weighted by molar-refractivity contribution is 7.80. The Bertz CT molecular complexity index is 349. The Morgan fingerprint density at radius 1 is 1.50 bits per heavy atom. The summed E-state index contributed by atoms with van der Waals surface area (Å²) in [6.45, 7) is 0. The molecule has 4 heteroatoms. The van der Waals surface area contributed by atoms with Crippen LogP contribution < -0.4 is 0 Å². The second-order valence-electron chi connectivity index (χ2n) is 2.53. The Balaban J connectivity index is 2.47. The largest absolute Gasteiger partial charge is 0.237 e. The van der Waals surface area contributed by atoms with E-state index in [0.717, 1.165) is 23.5 Å². The molecule has 0 fully saturated rings. The van der Waals surface area contributed by atoms with Crippen molar-refractivity contribution in [3.05, 3.63) is 30.2 Å². The third-order valence-corrected chi connectivity index (χ3v) is 1.88. The van der Waals surface area contributed by atoms with Crippen molar-refractivity contribution in [2.24, 2.45) is 0 Å². The summed E-state index contributed by atoms with van der Waals surface area (Å²) in [6.07, 6.45) is 4.55. The van der Waals surface area contributed by atoms with E-state index >= 15 is 0 Å². The van der Waals surface area contributed by atoms with Crippen LogP contribution >= 0.6 is 12.6 Å². The van der Waals surface area contributed by atoms with Crippen molar-refractivity contribution in [3.63, 3.8) is 0 Å². The van der Waals surface area contributed by atoms with Crippen LogP contribution in [0.1, 0.15) is 5.69 Å². The molecule has 2 heterocycles. The van der Waals surface area contributed by atoms with Crippen molar-refractivity contribution >= 4 is 18.3 Å². The normalized spacial score (nSPS) is 10.8. The second-order valence-corrected chi connectivity index (χ2v) is 2.98. The van der Waals surface area contributed by atoms with E-state index in [1.807, 2.05) is 18.3 Å². The van der Waals surface area contributed by atoms with Crippen molar-refractivity contribution in [1.29, 1.82) is 0 Å². The molecule has 0 bridgehead atoms. The van der Waals surface area contributed by atoms with Gasteiger partial charge in [0.15, 0.2) is 5.65 Å². The van der Waals surface area contributed by atoms with Gasteiger partial charge in [-0.2, -0.15) is 17.7 Å². The van der Waals surface area contributed by atoms with Crippen LogP contribution in [-0.4, -0.2) is 20.4 Å². The molecule has 62 valence electrons. The van der Waals surface area contributed by atoms with Crippen LogP contribution in [0.2, 0.25) is 0 Å². The van der Waals surface area contributed by atoms with Gasteiger partial charge in [-0.05, 0) is 11.8 Å². The number of hydrogen-bond donors (Lipinski definition) is 1. The number of aryl methyl sites for hydroxylation is 1. The zero-order valence-corrected chi connectivity index (χ0v) is 7.41. The standard InChI is InChI=1S/C8H9N3S/c12-5-2-7-6-8-9-3-1-4-11(8)10-7/h1,3-4,6,12H,2,5H2. The smallest absolute Gasteiger partial charge is 0.155 e. The van der Waals surface area contributed by atoms with Crippen LogP contribution in [0.25, 0.3) is 5.65 Å². The van der Waals surface area contributed by atoms with E-state index in [4.69, 9.17) is 0 Å². The number of fused-ring (bicyclic) bond motifs is 1. The summed E-state index contributed by atoms with van der Waals surface area (Å²) in [5, 5.41) is 4.31. The van der Waals surface area contributed by atoms with E-state index < -0.39 is 0 Å². The van der Waals surface area contributed by atoms with E-state index in [2.05, 4.69) is 22.7 Å². The molecule has 2 aromatic rings. The topological polar surface area (TPSA) is 30.2 Å². The van der Waals surface area contributed by atoms with Gasteiger partial charge in [0.05, 0.1) is 5.69 Å². The van der Waals surface area contributed by atoms with Gasteiger partial charge in [-0.25, -0.2) is 9.50 Å². The lowest BCUT2D eigenvalue weighted by atomic mass is 10.3. The van der Waals surface area contributed by atoms with E-state index in [9.17, 15) is 0 Å². The molecule has 0 saturated heterocycles. The minimum atomic E-state index is 0.823. The molecule has 0 aliphatic rings. The highest BCUT2D eigenvalue weighted by Gasteiger charge is 1.99. The van der Waals surface area contributed by atoms with Crippen LogP contribution in [0.4, 0.5) is 0 Å². The maximum absolute atomic E-state index is 4.31. The van der Waals surface area contributed by atoms with Gasteiger partial charge in [0, 0.05) is 24.9 Å². The van der Waals surface area contributed by atoms with Gasteiger partial charge in [-0.1, -0.05) is 0 Å². The van der Waals surface area contributed by atoms with Crippen LogP contribution in [0.15, 0.2) is 24.5 Å². The number of thiol groups is 1. The average Bonchev–Trinajstić information content (AvgIpc) is 2.47. The lowest BCUT2D eigenvalue weighted by Gasteiger charge is -1.87. The molecule has 0 aromatic carbocycles. The van der Waals surface area contributed by atoms with Crippen molar-refractivity contribution in [2.75, 3.05) is 5.75 Å². The molecule has 3 nitrogen and oxygen atoms in total. The summed E-state index contributed by atoms with van der Waals surface area (Å²) in [5.74, 6) is 0.823. The van der Waals surface area contributed by atoms with E-state index in [0.29, 0.717) is 0 Å². The van der Waals surface area contributed by atoms with Gasteiger partial charge in [0.1, 0.15) is 0 Å². The molecule has 0 amide bonds. The Morgan fingerprint density at radius 3 is 3.17 bits per heavy atom. The number of nitrogens with zero attached hydrogens (tertiary/aromatic N) is 3. The van der Waals surface area contributed by atoms with Crippen molar-refractivity contribution in [3.8, 4) is 0 Å². The van der Waals surface area contributed by atoms with E-state index in [1.165, 1.54) is 0 Å². The lowest BCUT2D eigenvalue weighted by molar-refractivity contribution is 0.890. The Kier molecular flexibility index (Phi) is 1.99. The second kappa shape index (κ2) is 3.15. The molecule has 0 spiro atoms. The van der Waals surface area contributed by atoms with Gasteiger partial charge in [0.25, 0.3) is 0 Å². The predicted molar refractivity (Wildman–Crippen MR) is 50.5 cm³/mol. The van der Waals surface area contributed by atoms with Crippen LogP contribution in [0, 0.1) is 0 Å². The summed E-state index contributed by atoms with van der Waals surface area (Å²) in [6, 6.07) is 3.85. The summed E-state index contributed by atoms with van der Waals surface area (Å²) in [4.78, 5) is 4.16. The maximum Gasteiger partial charge on any atom is 0.155 e. The first-order chi connectivity index (χ1) is 5.90. The Morgan fingerprint density at radius 2 is 2.42 bits per heavy atom. The molecule has 0 aliphatic carbocycles. The molecule has 0 saturated carbocycles. The maximum atomic E-state index is 4.31. The van der Waals surface area contributed by atoms with Crippen LogP contribution in [0.5, 0.6) is 0 Å². The quantitative estimate of drug-likeness (QED) is 0.702. The molecule has 0 N–H and O–H groups in total. The third kappa shape index (κ3) is 1.30. The lowest BCUT2D eigenvalue weighted by Crippen LogP contribution is -1.89. The first-order valence-corrected chi connectivity index (χ1v) is 4.43. The van der Waals surface area contributed by atoms with Crippen LogP contribution in [-0.2, 0) is 6.42 Å². The Hall–Kier alpha value is -1.03. The van der Waals surface area contributed by atoms with Crippen LogP contribution in [0.3, 0.4) is 0 Å². The summed E-state index contributed by atoms with van der Waals surface area (Å²) in [7, 11) is 0. The summed E-state index contributed by atoms with van der Waals surface area (Å²) < 4.78 is 1.78. The molecule has 0 aliphatic heterocycles. The number of aromatic nitrogens is 3. The minimum Gasteiger partial charge on any atom is -0.237 e. The number of hydrogen-bond acceptors (Lipinski definition) is 3. The SMILES string of the molecule is SCCc1cc2ncccn2n1. The zero-order chi connectivity index (χ0) is 8.39. The molecular formula is C8H9N3S.